The summed E-state index contributed by atoms with van der Waals surface area (Å²) in [5, 5.41) is 33.0. The topological polar surface area (TPSA) is 119 Å². The van der Waals surface area contributed by atoms with Crippen molar-refractivity contribution in [3.8, 4) is 23.1 Å². The molecule has 0 spiro atoms. The smallest absolute Gasteiger partial charge is 0.211 e. The first-order valence-corrected chi connectivity index (χ1v) is 11.4. The average molecular weight is 423 g/mol. The standard InChI is InChI=1S/C21H21N5O3S/c1-30(28,29)26-10-4-5-15(13-26)23-21-17-7-3-2-6-16(17)20(24-25-21)18-9-8-14(12-22)11-19(18)27/h2-3,6-9,11,15,27H,4-5,10,13H2,1H3,(H,23,25)/t15-/m1/s1. The van der Waals surface area contributed by atoms with Gasteiger partial charge in [-0.2, -0.15) is 5.26 Å². The van der Waals surface area contributed by atoms with E-state index in [2.05, 4.69) is 15.5 Å². The van der Waals surface area contributed by atoms with Crippen LogP contribution in [0.5, 0.6) is 5.75 Å². The molecule has 1 saturated heterocycles. The molecule has 1 atom stereocenters. The Morgan fingerprint density at radius 3 is 2.67 bits per heavy atom. The van der Waals surface area contributed by atoms with Crippen LogP contribution in [0.4, 0.5) is 5.82 Å². The minimum Gasteiger partial charge on any atom is -0.507 e. The van der Waals surface area contributed by atoms with Gasteiger partial charge in [-0.05, 0) is 31.0 Å². The zero-order valence-electron chi connectivity index (χ0n) is 16.4. The second-order valence-electron chi connectivity index (χ2n) is 7.39. The lowest BCUT2D eigenvalue weighted by Crippen LogP contribution is -2.44. The molecule has 9 heteroatoms. The second kappa shape index (κ2) is 7.89. The SMILES string of the molecule is CS(=O)(=O)N1CCC[C@@H](Nc2nnc(-c3ccc(C#N)cc3O)c3ccccc23)C1. The summed E-state index contributed by atoms with van der Waals surface area (Å²) in [4.78, 5) is 0. The number of fused-ring (bicyclic) bond motifs is 1. The summed E-state index contributed by atoms with van der Waals surface area (Å²) in [6.45, 7) is 0.910. The fourth-order valence-electron chi connectivity index (χ4n) is 3.77. The molecule has 2 aromatic carbocycles. The van der Waals surface area contributed by atoms with Crippen LogP contribution < -0.4 is 5.32 Å². The van der Waals surface area contributed by atoms with E-state index in [1.165, 1.54) is 16.6 Å². The Morgan fingerprint density at radius 1 is 1.20 bits per heavy atom. The van der Waals surface area contributed by atoms with E-state index in [1.54, 1.807) is 12.1 Å². The number of nitrogens with zero attached hydrogens (tertiary/aromatic N) is 4. The number of aromatic nitrogens is 2. The van der Waals surface area contributed by atoms with Crippen LogP contribution in [0.3, 0.4) is 0 Å². The summed E-state index contributed by atoms with van der Waals surface area (Å²) in [6, 6.07) is 14.2. The zero-order chi connectivity index (χ0) is 21.3. The van der Waals surface area contributed by atoms with Crippen LogP contribution in [0.1, 0.15) is 18.4 Å². The molecule has 154 valence electrons. The molecule has 0 radical (unpaired) electrons. The van der Waals surface area contributed by atoms with Gasteiger partial charge in [-0.25, -0.2) is 12.7 Å². The Morgan fingerprint density at radius 2 is 1.97 bits per heavy atom. The minimum absolute atomic E-state index is 0.0368. The highest BCUT2D eigenvalue weighted by Gasteiger charge is 2.26. The Bertz CT molecular complexity index is 1250. The van der Waals surface area contributed by atoms with E-state index < -0.39 is 10.0 Å². The highest BCUT2D eigenvalue weighted by atomic mass is 32.2. The molecular weight excluding hydrogens is 402 g/mol. The zero-order valence-corrected chi connectivity index (χ0v) is 17.2. The van der Waals surface area contributed by atoms with Crippen LogP contribution in [0, 0.1) is 11.3 Å². The molecule has 4 rings (SSSR count). The summed E-state index contributed by atoms with van der Waals surface area (Å²) in [5.74, 6) is 0.535. The first kappa shape index (κ1) is 20.1. The van der Waals surface area contributed by atoms with Gasteiger partial charge < -0.3 is 10.4 Å². The van der Waals surface area contributed by atoms with E-state index in [1.807, 2.05) is 30.3 Å². The van der Waals surface area contributed by atoms with E-state index >= 15 is 0 Å². The van der Waals surface area contributed by atoms with E-state index in [9.17, 15) is 13.5 Å². The fourth-order valence-corrected chi connectivity index (χ4v) is 4.68. The van der Waals surface area contributed by atoms with Crippen molar-refractivity contribution >= 4 is 26.6 Å². The number of hydrogen-bond acceptors (Lipinski definition) is 7. The van der Waals surface area contributed by atoms with Crippen molar-refractivity contribution < 1.29 is 13.5 Å². The van der Waals surface area contributed by atoms with Crippen molar-refractivity contribution in [2.45, 2.75) is 18.9 Å². The average Bonchev–Trinajstić information content (AvgIpc) is 2.74. The third-order valence-corrected chi connectivity index (χ3v) is 6.53. The summed E-state index contributed by atoms with van der Waals surface area (Å²) in [5.41, 5.74) is 1.37. The number of rotatable bonds is 4. The number of phenols is 1. The number of benzene rings is 2. The summed E-state index contributed by atoms with van der Waals surface area (Å²) >= 11 is 0. The van der Waals surface area contributed by atoms with Gasteiger partial charge in [0, 0.05) is 35.5 Å². The Kier molecular flexibility index (Phi) is 5.28. The molecule has 2 heterocycles. The molecule has 0 aliphatic carbocycles. The third-order valence-electron chi connectivity index (χ3n) is 5.26. The monoisotopic (exact) mass is 423 g/mol. The first-order chi connectivity index (χ1) is 14.4. The maximum atomic E-state index is 11.9. The molecule has 2 N–H and O–H groups in total. The first-order valence-electron chi connectivity index (χ1n) is 9.57. The van der Waals surface area contributed by atoms with Crippen LogP contribution in [0.15, 0.2) is 42.5 Å². The number of anilines is 1. The van der Waals surface area contributed by atoms with Crippen LogP contribution >= 0.6 is 0 Å². The van der Waals surface area contributed by atoms with Crippen LogP contribution in [-0.4, -0.2) is 53.4 Å². The molecule has 0 saturated carbocycles. The van der Waals surface area contributed by atoms with Crippen molar-refractivity contribution in [3.05, 3.63) is 48.0 Å². The minimum atomic E-state index is -3.24. The van der Waals surface area contributed by atoms with Gasteiger partial charge in [-0.3, -0.25) is 0 Å². The Hall–Kier alpha value is -3.22. The molecule has 1 fully saturated rings. The van der Waals surface area contributed by atoms with Gasteiger partial charge in [0.2, 0.25) is 10.0 Å². The number of hydrogen-bond donors (Lipinski definition) is 2. The maximum absolute atomic E-state index is 11.9. The predicted octanol–water partition coefficient (Wildman–Crippen LogP) is 2.71. The largest absolute Gasteiger partial charge is 0.507 e. The normalized spacial score (nSPS) is 17.5. The molecule has 0 amide bonds. The highest BCUT2D eigenvalue weighted by Crippen LogP contribution is 2.35. The molecule has 30 heavy (non-hydrogen) atoms. The van der Waals surface area contributed by atoms with Gasteiger partial charge in [0.15, 0.2) is 5.82 Å². The number of nitriles is 1. The van der Waals surface area contributed by atoms with Crippen molar-refractivity contribution in [2.24, 2.45) is 0 Å². The number of phenolic OH excluding ortho intramolecular Hbond substituents is 1. The lowest BCUT2D eigenvalue weighted by atomic mass is 10.0. The molecule has 0 unspecified atom stereocenters. The van der Waals surface area contributed by atoms with Gasteiger partial charge in [0.05, 0.1) is 17.9 Å². The molecule has 1 aliphatic heterocycles. The van der Waals surface area contributed by atoms with E-state index in [0.29, 0.717) is 35.7 Å². The van der Waals surface area contributed by atoms with E-state index in [-0.39, 0.29) is 11.8 Å². The van der Waals surface area contributed by atoms with Crippen molar-refractivity contribution in [1.29, 1.82) is 5.26 Å². The quantitative estimate of drug-likeness (QED) is 0.662. The third kappa shape index (κ3) is 3.92. The number of sulfonamides is 1. The van der Waals surface area contributed by atoms with E-state index in [0.717, 1.165) is 23.6 Å². The molecule has 8 nitrogen and oxygen atoms in total. The summed E-state index contributed by atoms with van der Waals surface area (Å²) in [7, 11) is -3.24. The predicted molar refractivity (Wildman–Crippen MR) is 114 cm³/mol. The summed E-state index contributed by atoms with van der Waals surface area (Å²) < 4.78 is 25.3. The van der Waals surface area contributed by atoms with Crippen molar-refractivity contribution in [2.75, 3.05) is 24.7 Å². The van der Waals surface area contributed by atoms with Gasteiger partial charge in [0.1, 0.15) is 11.4 Å². The summed E-state index contributed by atoms with van der Waals surface area (Å²) in [6.07, 6.45) is 2.83. The van der Waals surface area contributed by atoms with Crippen LogP contribution in [0.25, 0.3) is 22.0 Å². The lowest BCUT2D eigenvalue weighted by molar-refractivity contribution is 0.329. The second-order valence-corrected chi connectivity index (χ2v) is 9.37. The van der Waals surface area contributed by atoms with Gasteiger partial charge in [0.25, 0.3) is 0 Å². The maximum Gasteiger partial charge on any atom is 0.211 e. The fraction of sp³-hybridized carbons (Fsp3) is 0.286. The van der Waals surface area contributed by atoms with E-state index in [4.69, 9.17) is 5.26 Å². The van der Waals surface area contributed by atoms with Crippen molar-refractivity contribution in [1.82, 2.24) is 14.5 Å². The number of aromatic hydroxyl groups is 1. The lowest BCUT2D eigenvalue weighted by Gasteiger charge is -2.31. The Labute approximate surface area is 174 Å². The van der Waals surface area contributed by atoms with Crippen LogP contribution in [-0.2, 0) is 10.0 Å². The van der Waals surface area contributed by atoms with Crippen LogP contribution in [0.2, 0.25) is 0 Å². The van der Waals surface area contributed by atoms with Gasteiger partial charge in [-0.1, -0.05) is 24.3 Å². The van der Waals surface area contributed by atoms with Gasteiger partial charge >= 0.3 is 0 Å². The molecule has 1 aliphatic rings. The number of piperidine rings is 1. The Balaban J connectivity index is 1.71. The molecule has 3 aromatic rings. The van der Waals surface area contributed by atoms with Gasteiger partial charge in [-0.15, -0.1) is 10.2 Å². The molecule has 0 bridgehead atoms. The highest BCUT2D eigenvalue weighted by molar-refractivity contribution is 7.88. The number of nitrogens with one attached hydrogen (secondary N) is 1. The van der Waals surface area contributed by atoms with Crippen molar-refractivity contribution in [3.63, 3.8) is 0 Å². The molecular formula is C21H21N5O3S. The molecule has 1 aromatic heterocycles.